The number of fused-ring (bicyclic) bond motifs is 1. The number of alkyl halides is 3. The molecule has 8 heteroatoms. The Morgan fingerprint density at radius 1 is 1.17 bits per heavy atom. The van der Waals surface area contributed by atoms with Gasteiger partial charge < -0.3 is 9.47 Å². The topological polar surface area (TPSA) is 55.2 Å². The third kappa shape index (κ3) is 3.06. The van der Waals surface area contributed by atoms with Crippen LogP contribution in [0.2, 0.25) is 0 Å². The van der Waals surface area contributed by atoms with Gasteiger partial charge in [0.05, 0.1) is 11.0 Å². The molecular formula is C15H14F3N3O2. The van der Waals surface area contributed by atoms with E-state index in [9.17, 15) is 22.8 Å². The number of rotatable bonds is 2. The van der Waals surface area contributed by atoms with Crippen molar-refractivity contribution in [1.82, 2.24) is 14.5 Å². The zero-order chi connectivity index (χ0) is 16.6. The predicted octanol–water partition coefficient (Wildman–Crippen LogP) is 2.25. The largest absolute Gasteiger partial charge is 0.449 e. The molecule has 2 heterocycles. The lowest BCUT2D eigenvalue weighted by atomic mass is 10.1. The molecule has 1 aromatic carbocycles. The molecule has 1 fully saturated rings. The number of carbonyl (C=O) groups is 2. The summed E-state index contributed by atoms with van der Waals surface area (Å²) in [6, 6.07) is 6.18. The Bertz CT molecular complexity index is 757. The molecule has 0 unspecified atom stereocenters. The zero-order valence-electron chi connectivity index (χ0n) is 12.1. The summed E-state index contributed by atoms with van der Waals surface area (Å²) in [6.07, 6.45) is -4.14. The first-order chi connectivity index (χ1) is 10.9. The Morgan fingerprint density at radius 2 is 1.83 bits per heavy atom. The Morgan fingerprint density at radius 3 is 2.48 bits per heavy atom. The highest BCUT2D eigenvalue weighted by molar-refractivity contribution is 5.84. The van der Waals surface area contributed by atoms with E-state index in [-0.39, 0.29) is 42.7 Å². The molecule has 23 heavy (non-hydrogen) atoms. The maximum atomic E-state index is 13.2. The van der Waals surface area contributed by atoms with Crippen molar-refractivity contribution in [2.24, 2.45) is 0 Å². The number of carbonyl (C=O) groups excluding carboxylic acids is 2. The van der Waals surface area contributed by atoms with Crippen molar-refractivity contribution >= 4 is 22.7 Å². The van der Waals surface area contributed by atoms with Crippen molar-refractivity contribution in [3.63, 3.8) is 0 Å². The number of nitrogens with zero attached hydrogens (tertiary/aromatic N) is 3. The summed E-state index contributed by atoms with van der Waals surface area (Å²) < 4.78 is 40.4. The first-order valence-electron chi connectivity index (χ1n) is 7.18. The number of Topliss-reactive ketones (excluding diaryl/α,β-unsaturated/α-hetero) is 1. The lowest BCUT2D eigenvalue weighted by molar-refractivity contribution is -0.148. The molecule has 2 aromatic rings. The van der Waals surface area contributed by atoms with Crippen LogP contribution in [0.3, 0.4) is 0 Å². The number of imidazole rings is 1. The molecule has 0 N–H and O–H groups in total. The van der Waals surface area contributed by atoms with E-state index in [1.165, 1.54) is 17.0 Å². The lowest BCUT2D eigenvalue weighted by Gasteiger charge is -2.26. The molecule has 1 amide bonds. The number of benzene rings is 1. The summed E-state index contributed by atoms with van der Waals surface area (Å²) in [7, 11) is 0. The zero-order valence-corrected chi connectivity index (χ0v) is 12.1. The average Bonchev–Trinajstić information content (AvgIpc) is 2.87. The number of para-hydroxylation sites is 2. The molecular weight excluding hydrogens is 311 g/mol. The van der Waals surface area contributed by atoms with E-state index in [4.69, 9.17) is 0 Å². The number of hydrogen-bond donors (Lipinski definition) is 0. The molecule has 0 radical (unpaired) electrons. The van der Waals surface area contributed by atoms with Crippen LogP contribution in [0, 0.1) is 0 Å². The number of likely N-dealkylation sites (tertiary alicyclic amines) is 1. The van der Waals surface area contributed by atoms with E-state index in [1.54, 1.807) is 12.1 Å². The highest BCUT2D eigenvalue weighted by Gasteiger charge is 2.38. The van der Waals surface area contributed by atoms with E-state index in [0.717, 1.165) is 4.57 Å². The standard InChI is InChI=1S/C15H14F3N3O2/c16-15(17,18)14-19-11-3-1-2-4-12(11)21(14)9-13(23)20-7-5-10(22)6-8-20/h1-4H,5-9H2. The highest BCUT2D eigenvalue weighted by Crippen LogP contribution is 2.31. The number of piperidine rings is 1. The Hall–Kier alpha value is -2.38. The van der Waals surface area contributed by atoms with E-state index >= 15 is 0 Å². The number of aromatic nitrogens is 2. The molecule has 0 spiro atoms. The maximum Gasteiger partial charge on any atom is 0.449 e. The SMILES string of the molecule is O=C1CCN(C(=O)Cn2c(C(F)(F)F)nc3ccccc32)CC1. The smallest absolute Gasteiger partial charge is 0.340 e. The molecule has 1 aromatic heterocycles. The molecule has 0 bridgehead atoms. The molecule has 1 saturated heterocycles. The monoisotopic (exact) mass is 325 g/mol. The van der Waals surface area contributed by atoms with Gasteiger partial charge in [-0.15, -0.1) is 0 Å². The van der Waals surface area contributed by atoms with Gasteiger partial charge in [-0.1, -0.05) is 12.1 Å². The predicted molar refractivity (Wildman–Crippen MR) is 75.6 cm³/mol. The van der Waals surface area contributed by atoms with Crippen LogP contribution in [0.5, 0.6) is 0 Å². The normalized spacial score (nSPS) is 16.1. The number of amides is 1. The first kappa shape index (κ1) is 15.5. The van der Waals surface area contributed by atoms with Gasteiger partial charge >= 0.3 is 6.18 Å². The van der Waals surface area contributed by atoms with Gasteiger partial charge in [-0.2, -0.15) is 13.2 Å². The van der Waals surface area contributed by atoms with Crippen LogP contribution in [0.25, 0.3) is 11.0 Å². The number of halogens is 3. The van der Waals surface area contributed by atoms with Gasteiger partial charge in [0.25, 0.3) is 0 Å². The molecule has 1 aliphatic heterocycles. The molecule has 1 aliphatic rings. The van der Waals surface area contributed by atoms with E-state index in [0.29, 0.717) is 0 Å². The fraction of sp³-hybridized carbons (Fsp3) is 0.400. The summed E-state index contributed by atoms with van der Waals surface area (Å²) in [5.41, 5.74) is 0.461. The molecule has 0 atom stereocenters. The molecule has 122 valence electrons. The Labute approximate surface area is 129 Å². The van der Waals surface area contributed by atoms with Crippen molar-refractivity contribution < 1.29 is 22.8 Å². The van der Waals surface area contributed by atoms with Crippen molar-refractivity contribution in [3.8, 4) is 0 Å². The number of ketones is 1. The quantitative estimate of drug-likeness (QED) is 0.851. The molecule has 5 nitrogen and oxygen atoms in total. The average molecular weight is 325 g/mol. The van der Waals surface area contributed by atoms with Gasteiger partial charge in [-0.3, -0.25) is 9.59 Å². The maximum absolute atomic E-state index is 13.2. The minimum atomic E-state index is -4.64. The second kappa shape index (κ2) is 5.68. The summed E-state index contributed by atoms with van der Waals surface area (Å²) in [4.78, 5) is 28.5. The van der Waals surface area contributed by atoms with Crippen molar-refractivity contribution in [1.29, 1.82) is 0 Å². The second-order valence-corrected chi connectivity index (χ2v) is 5.43. The van der Waals surface area contributed by atoms with Crippen molar-refractivity contribution in [3.05, 3.63) is 30.1 Å². The van der Waals surface area contributed by atoms with Gasteiger partial charge in [0, 0.05) is 25.9 Å². The highest BCUT2D eigenvalue weighted by atomic mass is 19.4. The van der Waals surface area contributed by atoms with Crippen molar-refractivity contribution in [2.75, 3.05) is 13.1 Å². The second-order valence-electron chi connectivity index (χ2n) is 5.43. The summed E-state index contributed by atoms with van der Waals surface area (Å²) in [5.74, 6) is -1.45. The fourth-order valence-corrected chi connectivity index (χ4v) is 2.69. The van der Waals surface area contributed by atoms with Crippen LogP contribution in [0.1, 0.15) is 18.7 Å². The van der Waals surface area contributed by atoms with Crippen LogP contribution < -0.4 is 0 Å². The fourth-order valence-electron chi connectivity index (χ4n) is 2.69. The van der Waals surface area contributed by atoms with E-state index < -0.39 is 24.5 Å². The van der Waals surface area contributed by atoms with E-state index in [2.05, 4.69) is 4.98 Å². The van der Waals surface area contributed by atoms with E-state index in [1.807, 2.05) is 0 Å². The molecule has 3 rings (SSSR count). The molecule has 0 aliphatic carbocycles. The third-order valence-electron chi connectivity index (χ3n) is 3.88. The van der Waals surface area contributed by atoms with Crippen LogP contribution in [0.4, 0.5) is 13.2 Å². The third-order valence-corrected chi connectivity index (χ3v) is 3.88. The van der Waals surface area contributed by atoms with Crippen LogP contribution in [0.15, 0.2) is 24.3 Å². The minimum absolute atomic E-state index is 0.0677. The summed E-state index contributed by atoms with van der Waals surface area (Å²) in [6.45, 7) is 0.0703. The van der Waals surface area contributed by atoms with Crippen LogP contribution in [-0.4, -0.2) is 39.2 Å². The van der Waals surface area contributed by atoms with Gasteiger partial charge in [0.15, 0.2) is 0 Å². The minimum Gasteiger partial charge on any atom is -0.340 e. The number of hydrogen-bond acceptors (Lipinski definition) is 3. The Kier molecular flexibility index (Phi) is 3.83. The van der Waals surface area contributed by atoms with Crippen LogP contribution >= 0.6 is 0 Å². The first-order valence-corrected chi connectivity index (χ1v) is 7.18. The van der Waals surface area contributed by atoms with Crippen molar-refractivity contribution in [2.45, 2.75) is 25.6 Å². The summed E-state index contributed by atoms with van der Waals surface area (Å²) in [5, 5.41) is 0. The van der Waals surface area contributed by atoms with Crippen LogP contribution in [-0.2, 0) is 22.3 Å². The lowest BCUT2D eigenvalue weighted by Crippen LogP contribution is -2.40. The van der Waals surface area contributed by atoms with Gasteiger partial charge in [0.2, 0.25) is 11.7 Å². The van der Waals surface area contributed by atoms with Gasteiger partial charge in [-0.05, 0) is 12.1 Å². The Balaban J connectivity index is 1.92. The molecule has 0 saturated carbocycles. The summed E-state index contributed by atoms with van der Waals surface area (Å²) >= 11 is 0. The van der Waals surface area contributed by atoms with Gasteiger partial charge in [-0.25, -0.2) is 4.98 Å². The van der Waals surface area contributed by atoms with Gasteiger partial charge in [0.1, 0.15) is 12.3 Å².